The number of amides is 3. The molecule has 0 aromatic heterocycles. The Labute approximate surface area is 130 Å². The van der Waals surface area contributed by atoms with Gasteiger partial charge >= 0.3 is 6.03 Å². The maximum Gasteiger partial charge on any atom is 0.319 e. The van der Waals surface area contributed by atoms with Gasteiger partial charge in [-0.3, -0.25) is 4.79 Å². The minimum atomic E-state index is -0.626. The lowest BCUT2D eigenvalue weighted by molar-refractivity contribution is -0.122. The van der Waals surface area contributed by atoms with Gasteiger partial charge in [0.05, 0.1) is 14.2 Å². The fourth-order valence-electron chi connectivity index (χ4n) is 1.71. The molecule has 0 saturated carbocycles. The highest BCUT2D eigenvalue weighted by atomic mass is 16.5. The monoisotopic (exact) mass is 309 g/mol. The standard InChI is InChI=1S/C15H23N3O4/c1-5-6-16-14(19)10(2)17-15(20)18-11-7-12(21-3)9-13(8-11)22-4/h7-10H,5-6H2,1-4H3,(H,16,19)(H2,17,18,20). The highest BCUT2D eigenvalue weighted by Crippen LogP contribution is 2.25. The fraction of sp³-hybridized carbons (Fsp3) is 0.467. The van der Waals surface area contributed by atoms with E-state index in [0.29, 0.717) is 23.7 Å². The summed E-state index contributed by atoms with van der Waals surface area (Å²) in [7, 11) is 3.05. The molecule has 0 aliphatic rings. The number of rotatable bonds is 7. The van der Waals surface area contributed by atoms with Gasteiger partial charge in [-0.1, -0.05) is 6.92 Å². The third-order valence-corrected chi connectivity index (χ3v) is 2.90. The Bertz CT molecular complexity index is 497. The van der Waals surface area contributed by atoms with E-state index < -0.39 is 12.1 Å². The molecule has 0 aliphatic heterocycles. The number of hydrogen-bond donors (Lipinski definition) is 3. The van der Waals surface area contributed by atoms with Crippen LogP contribution in [0.5, 0.6) is 11.5 Å². The first-order valence-electron chi connectivity index (χ1n) is 7.08. The van der Waals surface area contributed by atoms with E-state index in [2.05, 4.69) is 16.0 Å². The average Bonchev–Trinajstić information content (AvgIpc) is 2.51. The third-order valence-electron chi connectivity index (χ3n) is 2.90. The largest absolute Gasteiger partial charge is 0.497 e. The summed E-state index contributed by atoms with van der Waals surface area (Å²) >= 11 is 0. The number of nitrogens with one attached hydrogen (secondary N) is 3. The molecule has 122 valence electrons. The Morgan fingerprint density at radius 1 is 1.14 bits per heavy atom. The molecule has 0 radical (unpaired) electrons. The number of urea groups is 1. The lowest BCUT2D eigenvalue weighted by atomic mass is 10.2. The van der Waals surface area contributed by atoms with E-state index in [0.717, 1.165) is 6.42 Å². The first kappa shape index (κ1) is 17.6. The second kappa shape index (κ2) is 8.76. The van der Waals surface area contributed by atoms with E-state index in [9.17, 15) is 9.59 Å². The molecule has 3 amide bonds. The molecule has 0 fully saturated rings. The Hall–Kier alpha value is -2.44. The first-order valence-corrected chi connectivity index (χ1v) is 7.08. The summed E-state index contributed by atoms with van der Waals surface area (Å²) in [6.07, 6.45) is 0.842. The summed E-state index contributed by atoms with van der Waals surface area (Å²) in [6.45, 7) is 4.16. The summed E-state index contributed by atoms with van der Waals surface area (Å²) in [4.78, 5) is 23.6. The molecule has 1 aromatic rings. The topological polar surface area (TPSA) is 88.7 Å². The molecule has 22 heavy (non-hydrogen) atoms. The number of benzene rings is 1. The van der Waals surface area contributed by atoms with E-state index in [1.54, 1.807) is 25.1 Å². The van der Waals surface area contributed by atoms with Crippen LogP contribution in [0.4, 0.5) is 10.5 Å². The van der Waals surface area contributed by atoms with Crippen LogP contribution in [0, 0.1) is 0 Å². The van der Waals surface area contributed by atoms with Gasteiger partial charge in [-0.25, -0.2) is 4.79 Å². The van der Waals surface area contributed by atoms with Crippen LogP contribution in [-0.2, 0) is 4.79 Å². The maximum absolute atomic E-state index is 11.9. The number of ether oxygens (including phenoxy) is 2. The van der Waals surface area contributed by atoms with Crippen molar-refractivity contribution in [3.05, 3.63) is 18.2 Å². The van der Waals surface area contributed by atoms with Crippen molar-refractivity contribution >= 4 is 17.6 Å². The molecule has 1 rings (SSSR count). The predicted octanol–water partition coefficient (Wildman–Crippen LogP) is 1.74. The fourth-order valence-corrected chi connectivity index (χ4v) is 1.71. The summed E-state index contributed by atoms with van der Waals surface area (Å²) in [5.74, 6) is 0.895. The van der Waals surface area contributed by atoms with Crippen LogP contribution >= 0.6 is 0 Å². The van der Waals surface area contributed by atoms with Gasteiger partial charge in [0.25, 0.3) is 0 Å². The zero-order chi connectivity index (χ0) is 16.5. The van der Waals surface area contributed by atoms with Crippen molar-refractivity contribution in [3.8, 4) is 11.5 Å². The van der Waals surface area contributed by atoms with Crippen molar-refractivity contribution in [2.24, 2.45) is 0 Å². The van der Waals surface area contributed by atoms with Crippen LogP contribution in [0.3, 0.4) is 0 Å². The van der Waals surface area contributed by atoms with Crippen LogP contribution in [0.2, 0.25) is 0 Å². The number of hydrogen-bond acceptors (Lipinski definition) is 4. The van der Waals surface area contributed by atoms with Crippen molar-refractivity contribution in [1.82, 2.24) is 10.6 Å². The van der Waals surface area contributed by atoms with Crippen LogP contribution in [-0.4, -0.2) is 38.7 Å². The minimum Gasteiger partial charge on any atom is -0.497 e. The third kappa shape index (κ3) is 5.51. The van der Waals surface area contributed by atoms with Gasteiger partial charge in [-0.05, 0) is 13.3 Å². The summed E-state index contributed by atoms with van der Waals surface area (Å²) in [5, 5.41) is 7.93. The van der Waals surface area contributed by atoms with Gasteiger partial charge in [-0.15, -0.1) is 0 Å². The lowest BCUT2D eigenvalue weighted by Crippen LogP contribution is -2.46. The van der Waals surface area contributed by atoms with Crippen molar-refractivity contribution < 1.29 is 19.1 Å². The van der Waals surface area contributed by atoms with Crippen molar-refractivity contribution in [1.29, 1.82) is 0 Å². The van der Waals surface area contributed by atoms with Crippen molar-refractivity contribution in [3.63, 3.8) is 0 Å². The molecule has 7 nitrogen and oxygen atoms in total. The Balaban J connectivity index is 2.63. The van der Waals surface area contributed by atoms with Crippen LogP contribution < -0.4 is 25.4 Å². The van der Waals surface area contributed by atoms with Crippen LogP contribution in [0.25, 0.3) is 0 Å². The number of carbonyl (C=O) groups is 2. The number of methoxy groups -OCH3 is 2. The Morgan fingerprint density at radius 3 is 2.23 bits per heavy atom. The average molecular weight is 309 g/mol. The summed E-state index contributed by atoms with van der Waals surface area (Å²) in [5.41, 5.74) is 0.509. The molecule has 0 heterocycles. The van der Waals surface area contributed by atoms with Gasteiger partial charge in [0.2, 0.25) is 5.91 Å². The van der Waals surface area contributed by atoms with Gasteiger partial charge in [-0.2, -0.15) is 0 Å². The summed E-state index contributed by atoms with van der Waals surface area (Å²) < 4.78 is 10.3. The molecular weight excluding hydrogens is 286 g/mol. The van der Waals surface area contributed by atoms with E-state index in [1.165, 1.54) is 14.2 Å². The molecule has 0 aliphatic carbocycles. The van der Waals surface area contributed by atoms with Gasteiger partial charge in [0.15, 0.2) is 0 Å². The summed E-state index contributed by atoms with van der Waals surface area (Å²) in [6, 6.07) is 3.91. The molecule has 0 saturated heterocycles. The zero-order valence-electron chi connectivity index (χ0n) is 13.4. The van der Waals surface area contributed by atoms with Gasteiger partial charge in [0, 0.05) is 30.4 Å². The minimum absolute atomic E-state index is 0.222. The smallest absolute Gasteiger partial charge is 0.319 e. The van der Waals surface area contributed by atoms with E-state index in [-0.39, 0.29) is 5.91 Å². The zero-order valence-corrected chi connectivity index (χ0v) is 13.4. The van der Waals surface area contributed by atoms with E-state index in [4.69, 9.17) is 9.47 Å². The molecule has 0 spiro atoms. The highest BCUT2D eigenvalue weighted by molar-refractivity contribution is 5.93. The molecular formula is C15H23N3O4. The number of anilines is 1. The van der Waals surface area contributed by atoms with Crippen molar-refractivity contribution in [2.45, 2.75) is 26.3 Å². The van der Waals surface area contributed by atoms with Gasteiger partial charge in [0.1, 0.15) is 17.5 Å². The molecule has 1 aromatic carbocycles. The molecule has 7 heteroatoms. The van der Waals surface area contributed by atoms with Crippen LogP contribution in [0.1, 0.15) is 20.3 Å². The molecule has 3 N–H and O–H groups in total. The second-order valence-electron chi connectivity index (χ2n) is 4.71. The maximum atomic E-state index is 11.9. The SMILES string of the molecule is CCCNC(=O)C(C)NC(=O)Nc1cc(OC)cc(OC)c1. The molecule has 1 unspecified atom stereocenters. The molecule has 0 bridgehead atoms. The van der Waals surface area contributed by atoms with E-state index >= 15 is 0 Å². The normalized spacial score (nSPS) is 11.3. The Kier molecular flexibility index (Phi) is 7.01. The first-order chi connectivity index (χ1) is 10.5. The van der Waals surface area contributed by atoms with Gasteiger partial charge < -0.3 is 25.4 Å². The number of carbonyl (C=O) groups excluding carboxylic acids is 2. The second-order valence-corrected chi connectivity index (χ2v) is 4.71. The van der Waals surface area contributed by atoms with Crippen molar-refractivity contribution in [2.75, 3.05) is 26.1 Å². The quantitative estimate of drug-likeness (QED) is 0.716. The lowest BCUT2D eigenvalue weighted by Gasteiger charge is -2.15. The Morgan fingerprint density at radius 2 is 1.73 bits per heavy atom. The molecule has 1 atom stereocenters. The predicted molar refractivity (Wildman–Crippen MR) is 84.5 cm³/mol. The highest BCUT2D eigenvalue weighted by Gasteiger charge is 2.15. The van der Waals surface area contributed by atoms with E-state index in [1.807, 2.05) is 6.92 Å². The van der Waals surface area contributed by atoms with Crippen LogP contribution in [0.15, 0.2) is 18.2 Å².